The summed E-state index contributed by atoms with van der Waals surface area (Å²) >= 11 is 1.59. The second-order valence-corrected chi connectivity index (χ2v) is 5.99. The average molecular weight is 282 g/mol. The molecular formula is C14H22N2O2S. The van der Waals surface area contributed by atoms with Gasteiger partial charge in [-0.1, -0.05) is 6.07 Å². The minimum atomic E-state index is -0.596. The van der Waals surface area contributed by atoms with E-state index in [1.54, 1.807) is 11.3 Å². The average Bonchev–Trinajstić information content (AvgIpc) is 2.95. The lowest BCUT2D eigenvalue weighted by atomic mass is 9.96. The molecule has 1 fully saturated rings. The van der Waals surface area contributed by atoms with Gasteiger partial charge < -0.3 is 15.7 Å². The molecule has 1 saturated carbocycles. The largest absolute Gasteiger partial charge is 0.391 e. The molecular weight excluding hydrogens is 260 g/mol. The van der Waals surface area contributed by atoms with Crippen molar-refractivity contribution in [1.82, 2.24) is 4.90 Å². The quantitative estimate of drug-likeness (QED) is 0.824. The number of rotatable bonds is 6. The van der Waals surface area contributed by atoms with Gasteiger partial charge in [-0.15, -0.1) is 11.3 Å². The number of nitrogens with two attached hydrogens (primary N) is 1. The van der Waals surface area contributed by atoms with E-state index in [4.69, 9.17) is 5.73 Å². The van der Waals surface area contributed by atoms with Crippen molar-refractivity contribution in [2.24, 2.45) is 11.7 Å². The summed E-state index contributed by atoms with van der Waals surface area (Å²) in [7, 11) is 0. The highest BCUT2D eigenvalue weighted by Gasteiger charge is 2.64. The molecule has 1 amide bonds. The van der Waals surface area contributed by atoms with E-state index >= 15 is 0 Å². The van der Waals surface area contributed by atoms with Gasteiger partial charge in [0.15, 0.2) is 0 Å². The molecule has 0 radical (unpaired) electrons. The van der Waals surface area contributed by atoms with Crippen molar-refractivity contribution in [2.45, 2.75) is 31.8 Å². The molecule has 1 heterocycles. The number of likely N-dealkylation sites (N-methyl/N-ethyl adjacent to an activating group) is 1. The van der Waals surface area contributed by atoms with E-state index in [1.165, 1.54) is 0 Å². The van der Waals surface area contributed by atoms with Gasteiger partial charge in [0.05, 0.1) is 11.5 Å². The molecule has 0 saturated heterocycles. The summed E-state index contributed by atoms with van der Waals surface area (Å²) in [5.74, 6) is 0.0988. The number of hydrogen-bond acceptors (Lipinski definition) is 4. The van der Waals surface area contributed by atoms with Crippen LogP contribution < -0.4 is 5.73 Å². The summed E-state index contributed by atoms with van der Waals surface area (Å²) in [4.78, 5) is 15.7. The topological polar surface area (TPSA) is 66.6 Å². The molecule has 0 bridgehead atoms. The van der Waals surface area contributed by atoms with Crippen LogP contribution in [0.3, 0.4) is 0 Å². The minimum Gasteiger partial charge on any atom is -0.391 e. The highest BCUT2D eigenvalue weighted by molar-refractivity contribution is 7.10. The molecule has 1 aliphatic rings. The fourth-order valence-electron chi connectivity index (χ4n) is 2.88. The van der Waals surface area contributed by atoms with Crippen LogP contribution in [0.25, 0.3) is 0 Å². The van der Waals surface area contributed by atoms with Gasteiger partial charge >= 0.3 is 0 Å². The second-order valence-electron chi connectivity index (χ2n) is 5.04. The SMILES string of the molecule is CCN(CC)C(=O)[C@@]1(c2cccs2)C[C@H]1C(O)CN. The lowest BCUT2D eigenvalue weighted by Crippen LogP contribution is -2.41. The van der Waals surface area contributed by atoms with Crippen molar-refractivity contribution in [3.63, 3.8) is 0 Å². The van der Waals surface area contributed by atoms with Crippen LogP contribution in [0.5, 0.6) is 0 Å². The van der Waals surface area contributed by atoms with E-state index in [9.17, 15) is 9.90 Å². The maximum atomic E-state index is 12.8. The number of aliphatic hydroxyl groups is 1. The monoisotopic (exact) mass is 282 g/mol. The molecule has 3 N–H and O–H groups in total. The molecule has 0 aromatic carbocycles. The highest BCUT2D eigenvalue weighted by atomic mass is 32.1. The van der Waals surface area contributed by atoms with Crippen molar-refractivity contribution in [1.29, 1.82) is 0 Å². The fraction of sp³-hybridized carbons (Fsp3) is 0.643. The van der Waals surface area contributed by atoms with Crippen LogP contribution in [-0.2, 0) is 10.2 Å². The highest BCUT2D eigenvalue weighted by Crippen LogP contribution is 2.58. The molecule has 1 unspecified atom stereocenters. The van der Waals surface area contributed by atoms with E-state index in [0.717, 1.165) is 4.88 Å². The molecule has 3 atom stereocenters. The Morgan fingerprint density at radius 2 is 2.32 bits per heavy atom. The Hall–Kier alpha value is -0.910. The summed E-state index contributed by atoms with van der Waals surface area (Å²) in [5, 5.41) is 12.0. The Bertz CT molecular complexity index is 431. The third-order valence-electron chi connectivity index (χ3n) is 4.11. The molecule has 0 spiro atoms. The van der Waals surface area contributed by atoms with Crippen LogP contribution in [0.15, 0.2) is 17.5 Å². The van der Waals surface area contributed by atoms with E-state index in [1.807, 2.05) is 36.3 Å². The summed E-state index contributed by atoms with van der Waals surface area (Å²) in [6.07, 6.45) is 0.114. The minimum absolute atomic E-state index is 0.0377. The Balaban J connectivity index is 2.31. The van der Waals surface area contributed by atoms with E-state index in [2.05, 4.69) is 0 Å². The first kappa shape index (κ1) is 14.5. The van der Waals surface area contributed by atoms with Crippen molar-refractivity contribution in [2.75, 3.05) is 19.6 Å². The van der Waals surface area contributed by atoms with Crippen LogP contribution in [0, 0.1) is 5.92 Å². The van der Waals surface area contributed by atoms with Crippen molar-refractivity contribution in [3.8, 4) is 0 Å². The number of carbonyl (C=O) groups excluding carboxylic acids is 1. The third kappa shape index (κ3) is 2.30. The first-order chi connectivity index (χ1) is 9.11. The maximum Gasteiger partial charge on any atom is 0.234 e. The van der Waals surface area contributed by atoms with Crippen molar-refractivity contribution in [3.05, 3.63) is 22.4 Å². The van der Waals surface area contributed by atoms with Gasteiger partial charge in [0.1, 0.15) is 0 Å². The van der Waals surface area contributed by atoms with Gasteiger partial charge in [0.2, 0.25) is 5.91 Å². The van der Waals surface area contributed by atoms with Gasteiger partial charge in [-0.3, -0.25) is 4.79 Å². The molecule has 1 aromatic rings. The second kappa shape index (κ2) is 5.61. The first-order valence-corrected chi connectivity index (χ1v) is 7.71. The number of aliphatic hydroxyl groups excluding tert-OH is 1. The number of hydrogen-bond donors (Lipinski definition) is 2. The van der Waals surface area contributed by atoms with Gasteiger partial charge in [0, 0.05) is 30.4 Å². The molecule has 4 nitrogen and oxygen atoms in total. The summed E-state index contributed by atoms with van der Waals surface area (Å²) in [6, 6.07) is 3.96. The summed E-state index contributed by atoms with van der Waals surface area (Å²) in [6.45, 7) is 5.59. The first-order valence-electron chi connectivity index (χ1n) is 6.83. The molecule has 0 aliphatic heterocycles. The fourth-order valence-corrected chi connectivity index (χ4v) is 3.87. The predicted octanol–water partition coefficient (Wildman–Crippen LogP) is 1.19. The van der Waals surface area contributed by atoms with E-state index < -0.39 is 11.5 Å². The number of carbonyl (C=O) groups is 1. The molecule has 1 aliphatic carbocycles. The van der Waals surface area contributed by atoms with Gasteiger partial charge in [-0.25, -0.2) is 0 Å². The molecule has 5 heteroatoms. The van der Waals surface area contributed by atoms with Crippen LogP contribution in [-0.4, -0.2) is 41.7 Å². The Morgan fingerprint density at radius 3 is 2.79 bits per heavy atom. The number of amides is 1. The third-order valence-corrected chi connectivity index (χ3v) is 5.16. The predicted molar refractivity (Wildman–Crippen MR) is 77.1 cm³/mol. The molecule has 2 rings (SSSR count). The normalized spacial score (nSPS) is 27.1. The van der Waals surface area contributed by atoms with Crippen molar-refractivity contribution < 1.29 is 9.90 Å². The van der Waals surface area contributed by atoms with Crippen LogP contribution in [0.2, 0.25) is 0 Å². The van der Waals surface area contributed by atoms with Gasteiger partial charge in [-0.2, -0.15) is 0 Å². The summed E-state index contributed by atoms with van der Waals surface area (Å²) in [5.41, 5.74) is 5.03. The Kier molecular flexibility index (Phi) is 4.28. The zero-order valence-corrected chi connectivity index (χ0v) is 12.3. The number of nitrogens with zero attached hydrogens (tertiary/aromatic N) is 1. The molecule has 106 valence electrons. The zero-order chi connectivity index (χ0) is 14.0. The standard InChI is InChI=1S/C14H22N2O2S/c1-3-16(4-2)13(18)14(12-6-5-7-19-12)8-10(14)11(17)9-15/h5-7,10-11,17H,3-4,8-9,15H2,1-2H3/t10-,11?,14-/m0/s1. The molecule has 1 aromatic heterocycles. The van der Waals surface area contributed by atoms with Gasteiger partial charge in [0.25, 0.3) is 0 Å². The molecule has 19 heavy (non-hydrogen) atoms. The van der Waals surface area contributed by atoms with Crippen LogP contribution in [0.1, 0.15) is 25.1 Å². The van der Waals surface area contributed by atoms with Gasteiger partial charge in [-0.05, 0) is 31.7 Å². The lowest BCUT2D eigenvalue weighted by molar-refractivity contribution is -0.134. The Labute approximate surface area is 118 Å². The van der Waals surface area contributed by atoms with Crippen LogP contribution >= 0.6 is 11.3 Å². The zero-order valence-electron chi connectivity index (χ0n) is 11.5. The lowest BCUT2D eigenvalue weighted by Gasteiger charge is -2.26. The smallest absolute Gasteiger partial charge is 0.234 e. The maximum absolute atomic E-state index is 12.8. The summed E-state index contributed by atoms with van der Waals surface area (Å²) < 4.78 is 0. The van der Waals surface area contributed by atoms with E-state index in [0.29, 0.717) is 19.5 Å². The Morgan fingerprint density at radius 1 is 1.63 bits per heavy atom. The van der Waals surface area contributed by atoms with Crippen molar-refractivity contribution >= 4 is 17.2 Å². The van der Waals surface area contributed by atoms with Crippen LogP contribution in [0.4, 0.5) is 0 Å². The number of thiophene rings is 1. The van der Waals surface area contributed by atoms with E-state index in [-0.39, 0.29) is 18.4 Å².